The Labute approximate surface area is 154 Å². The van der Waals surface area contributed by atoms with E-state index in [1.165, 1.54) is 5.69 Å². The second kappa shape index (κ2) is 6.96. The third-order valence-corrected chi connectivity index (χ3v) is 5.50. The van der Waals surface area contributed by atoms with E-state index in [4.69, 9.17) is 0 Å². The molecular formula is C22H25N3O. The number of nitrogens with one attached hydrogen (secondary N) is 1. The van der Waals surface area contributed by atoms with E-state index in [0.29, 0.717) is 0 Å². The summed E-state index contributed by atoms with van der Waals surface area (Å²) in [6, 6.07) is 18.5. The Hall–Kier alpha value is -2.59. The number of fused-ring (bicyclic) bond motifs is 1. The maximum Gasteiger partial charge on any atom is 0.182 e. The van der Waals surface area contributed by atoms with Gasteiger partial charge in [-0.25, -0.2) is 0 Å². The van der Waals surface area contributed by atoms with Crippen molar-refractivity contribution in [2.45, 2.75) is 19.9 Å². The number of aryl methyl sites for hydroxylation is 1. The number of rotatable bonds is 4. The zero-order chi connectivity index (χ0) is 18.1. The Balaban J connectivity index is 1.49. The molecule has 0 spiro atoms. The molecule has 0 radical (unpaired) electrons. The van der Waals surface area contributed by atoms with E-state index in [1.54, 1.807) is 0 Å². The Morgan fingerprint density at radius 3 is 2.35 bits per heavy atom. The van der Waals surface area contributed by atoms with E-state index in [2.05, 4.69) is 39.0 Å². The van der Waals surface area contributed by atoms with Crippen LogP contribution in [0.4, 0.5) is 5.69 Å². The van der Waals surface area contributed by atoms with E-state index >= 15 is 0 Å². The number of hydrogen-bond donors (Lipinski definition) is 1. The molecule has 134 valence electrons. The van der Waals surface area contributed by atoms with Gasteiger partial charge in [0.1, 0.15) is 0 Å². The van der Waals surface area contributed by atoms with Crippen LogP contribution < -0.4 is 4.90 Å². The van der Waals surface area contributed by atoms with Crippen LogP contribution in [0.2, 0.25) is 0 Å². The van der Waals surface area contributed by atoms with Gasteiger partial charge in [0.2, 0.25) is 0 Å². The normalized spacial score (nSPS) is 16.8. The molecule has 4 heteroatoms. The van der Waals surface area contributed by atoms with Crippen LogP contribution in [0.3, 0.4) is 0 Å². The molecular weight excluding hydrogens is 322 g/mol. The number of hydrogen-bond acceptors (Lipinski definition) is 3. The minimum absolute atomic E-state index is 0.106. The smallest absolute Gasteiger partial charge is 0.182 e. The van der Waals surface area contributed by atoms with Crippen molar-refractivity contribution in [1.82, 2.24) is 9.88 Å². The molecule has 0 aliphatic carbocycles. The first-order valence-electron chi connectivity index (χ1n) is 9.30. The molecule has 0 saturated carbocycles. The zero-order valence-electron chi connectivity index (χ0n) is 15.4. The molecule has 1 aliphatic rings. The number of ketones is 1. The number of Topliss-reactive ketones (excluding diaryl/α,β-unsaturated/α-hetero) is 1. The van der Waals surface area contributed by atoms with Crippen LogP contribution in [-0.4, -0.2) is 47.9 Å². The maximum atomic E-state index is 13.2. The summed E-state index contributed by atoms with van der Waals surface area (Å²) < 4.78 is 0. The van der Waals surface area contributed by atoms with Crippen molar-refractivity contribution in [2.24, 2.45) is 0 Å². The van der Waals surface area contributed by atoms with Gasteiger partial charge >= 0.3 is 0 Å². The minimum atomic E-state index is -0.106. The highest BCUT2D eigenvalue weighted by molar-refractivity contribution is 6.11. The highest BCUT2D eigenvalue weighted by Gasteiger charge is 2.28. The lowest BCUT2D eigenvalue weighted by molar-refractivity contribution is 0.0831. The molecule has 4 rings (SSSR count). The average Bonchev–Trinajstić information content (AvgIpc) is 3.03. The number of anilines is 1. The second-order valence-corrected chi connectivity index (χ2v) is 7.07. The largest absolute Gasteiger partial charge is 0.369 e. The molecule has 1 atom stereocenters. The highest BCUT2D eigenvalue weighted by atomic mass is 16.1. The first kappa shape index (κ1) is 16.9. The van der Waals surface area contributed by atoms with Gasteiger partial charge in [-0.05, 0) is 32.0 Å². The minimum Gasteiger partial charge on any atom is -0.369 e. The van der Waals surface area contributed by atoms with Gasteiger partial charge in [0.05, 0.1) is 6.04 Å². The van der Waals surface area contributed by atoms with Crippen LogP contribution in [0.25, 0.3) is 10.9 Å². The quantitative estimate of drug-likeness (QED) is 0.728. The molecule has 0 unspecified atom stereocenters. The van der Waals surface area contributed by atoms with Crippen LogP contribution in [0.1, 0.15) is 23.0 Å². The van der Waals surface area contributed by atoms with Crippen molar-refractivity contribution >= 4 is 22.4 Å². The fraction of sp³-hybridized carbons (Fsp3) is 0.318. The SMILES string of the molecule is Cc1[nH]c2ccccc2c1C(=O)[C@H](C)N1CCN(c2ccccc2)CC1. The van der Waals surface area contributed by atoms with Gasteiger partial charge in [-0.2, -0.15) is 0 Å². The van der Waals surface area contributed by atoms with Crippen molar-refractivity contribution in [3.8, 4) is 0 Å². The van der Waals surface area contributed by atoms with Crippen molar-refractivity contribution < 1.29 is 4.79 Å². The van der Waals surface area contributed by atoms with E-state index in [9.17, 15) is 4.79 Å². The standard InChI is InChI=1S/C22H25N3O/c1-16-21(19-10-6-7-11-20(19)23-16)22(26)17(2)24-12-14-25(15-13-24)18-8-4-3-5-9-18/h3-11,17,23H,12-15H2,1-2H3/t17-/m0/s1. The van der Waals surface area contributed by atoms with E-state index < -0.39 is 0 Å². The summed E-state index contributed by atoms with van der Waals surface area (Å²) in [5, 5.41) is 1.03. The number of piperazine rings is 1. The van der Waals surface area contributed by atoms with Crippen LogP contribution >= 0.6 is 0 Å². The van der Waals surface area contributed by atoms with Crippen molar-refractivity contribution in [3.05, 3.63) is 65.9 Å². The predicted molar refractivity (Wildman–Crippen MR) is 107 cm³/mol. The summed E-state index contributed by atoms with van der Waals surface area (Å²) in [7, 11) is 0. The molecule has 0 bridgehead atoms. The molecule has 2 aromatic carbocycles. The number of H-pyrrole nitrogens is 1. The summed E-state index contributed by atoms with van der Waals surface area (Å²) in [6.45, 7) is 7.75. The van der Waals surface area contributed by atoms with Crippen LogP contribution in [0.15, 0.2) is 54.6 Å². The number of carbonyl (C=O) groups is 1. The molecule has 2 heterocycles. The zero-order valence-corrected chi connectivity index (χ0v) is 15.4. The van der Waals surface area contributed by atoms with Gasteiger partial charge in [-0.1, -0.05) is 36.4 Å². The number of carbonyl (C=O) groups excluding carboxylic acids is 1. The number of aromatic nitrogens is 1. The maximum absolute atomic E-state index is 13.2. The molecule has 0 amide bonds. The summed E-state index contributed by atoms with van der Waals surface area (Å²) in [6.07, 6.45) is 0. The molecule has 1 saturated heterocycles. The Morgan fingerprint density at radius 1 is 0.962 bits per heavy atom. The molecule has 3 aromatic rings. The Kier molecular flexibility index (Phi) is 4.51. The fourth-order valence-corrected chi connectivity index (χ4v) is 3.98. The third kappa shape index (κ3) is 3.01. The van der Waals surface area contributed by atoms with E-state index in [0.717, 1.165) is 48.3 Å². The summed E-state index contributed by atoms with van der Waals surface area (Å²) in [4.78, 5) is 21.3. The summed E-state index contributed by atoms with van der Waals surface area (Å²) >= 11 is 0. The lowest BCUT2D eigenvalue weighted by Crippen LogP contribution is -2.51. The van der Waals surface area contributed by atoms with Crippen LogP contribution in [-0.2, 0) is 0 Å². The number of nitrogens with zero attached hydrogens (tertiary/aromatic N) is 2. The summed E-state index contributed by atoms with van der Waals surface area (Å²) in [5.41, 5.74) is 4.11. The van der Waals surface area contributed by atoms with Gasteiger partial charge in [0, 0.05) is 54.0 Å². The van der Waals surface area contributed by atoms with Gasteiger partial charge in [-0.3, -0.25) is 9.69 Å². The van der Waals surface area contributed by atoms with Gasteiger partial charge in [0.25, 0.3) is 0 Å². The van der Waals surface area contributed by atoms with Crippen molar-refractivity contribution in [1.29, 1.82) is 0 Å². The molecule has 1 N–H and O–H groups in total. The molecule has 26 heavy (non-hydrogen) atoms. The lowest BCUT2D eigenvalue weighted by atomic mass is 10.0. The highest BCUT2D eigenvalue weighted by Crippen LogP contribution is 2.25. The average molecular weight is 347 g/mol. The third-order valence-electron chi connectivity index (χ3n) is 5.50. The van der Waals surface area contributed by atoms with Crippen molar-refractivity contribution in [3.63, 3.8) is 0 Å². The van der Waals surface area contributed by atoms with Crippen LogP contribution in [0, 0.1) is 6.92 Å². The van der Waals surface area contributed by atoms with Gasteiger partial charge < -0.3 is 9.88 Å². The van der Waals surface area contributed by atoms with Gasteiger partial charge in [-0.15, -0.1) is 0 Å². The number of para-hydroxylation sites is 2. The Morgan fingerprint density at radius 2 is 1.62 bits per heavy atom. The summed E-state index contributed by atoms with van der Waals surface area (Å²) in [5.74, 6) is 0.216. The van der Waals surface area contributed by atoms with Crippen molar-refractivity contribution in [2.75, 3.05) is 31.1 Å². The van der Waals surface area contributed by atoms with E-state index in [-0.39, 0.29) is 11.8 Å². The second-order valence-electron chi connectivity index (χ2n) is 7.07. The van der Waals surface area contributed by atoms with Crippen LogP contribution in [0.5, 0.6) is 0 Å². The molecule has 1 fully saturated rings. The monoisotopic (exact) mass is 347 g/mol. The first-order chi connectivity index (χ1) is 12.6. The lowest BCUT2D eigenvalue weighted by Gasteiger charge is -2.38. The molecule has 4 nitrogen and oxygen atoms in total. The van der Waals surface area contributed by atoms with E-state index in [1.807, 2.05) is 44.2 Å². The molecule has 1 aromatic heterocycles. The predicted octanol–water partition coefficient (Wildman–Crippen LogP) is 3.87. The first-order valence-corrected chi connectivity index (χ1v) is 9.30. The number of benzene rings is 2. The Bertz CT molecular complexity index is 908. The fourth-order valence-electron chi connectivity index (χ4n) is 3.98. The number of aromatic amines is 1. The topological polar surface area (TPSA) is 39.3 Å². The molecule has 1 aliphatic heterocycles. The van der Waals surface area contributed by atoms with Gasteiger partial charge in [0.15, 0.2) is 5.78 Å².